The Hall–Kier alpha value is -1.88. The number of carbonyl (C=O) groups is 2. The van der Waals surface area contributed by atoms with Crippen molar-refractivity contribution >= 4 is 11.9 Å². The van der Waals surface area contributed by atoms with Gasteiger partial charge in [-0.3, -0.25) is 4.79 Å². The fourth-order valence-electron chi connectivity index (χ4n) is 1.74. The minimum Gasteiger partial charge on any atom is -0.479 e. The second-order valence-electron chi connectivity index (χ2n) is 6.13. The molecule has 4 N–H and O–H groups in total. The van der Waals surface area contributed by atoms with Crippen LogP contribution in [0.1, 0.15) is 33.3 Å². The van der Waals surface area contributed by atoms with Crippen molar-refractivity contribution in [3.63, 3.8) is 0 Å². The fourth-order valence-corrected chi connectivity index (χ4v) is 1.74. The maximum atomic E-state index is 12.2. The second-order valence-corrected chi connectivity index (χ2v) is 6.13. The van der Waals surface area contributed by atoms with Gasteiger partial charge in [-0.1, -0.05) is 51.1 Å². The molecule has 0 saturated heterocycles. The Labute approximate surface area is 119 Å². The molecular weight excluding hydrogens is 256 g/mol. The summed E-state index contributed by atoms with van der Waals surface area (Å²) in [5.41, 5.74) is 4.43. The lowest BCUT2D eigenvalue weighted by atomic mass is 9.85. The highest BCUT2D eigenvalue weighted by Gasteiger charge is 2.39. The van der Waals surface area contributed by atoms with E-state index < -0.39 is 28.9 Å². The number of hydrogen-bond acceptors (Lipinski definition) is 3. The van der Waals surface area contributed by atoms with Crippen LogP contribution in [0, 0.1) is 5.41 Å². The summed E-state index contributed by atoms with van der Waals surface area (Å²) < 4.78 is 0. The Bertz CT molecular complexity index is 494. The summed E-state index contributed by atoms with van der Waals surface area (Å²) in [5, 5.41) is 12.0. The van der Waals surface area contributed by atoms with Gasteiger partial charge >= 0.3 is 5.97 Å². The maximum Gasteiger partial charge on any atom is 0.333 e. The van der Waals surface area contributed by atoms with Crippen molar-refractivity contribution in [2.24, 2.45) is 11.1 Å². The van der Waals surface area contributed by atoms with Gasteiger partial charge in [-0.05, 0) is 17.9 Å². The van der Waals surface area contributed by atoms with E-state index >= 15 is 0 Å². The molecule has 0 aliphatic rings. The summed E-state index contributed by atoms with van der Waals surface area (Å²) in [5.74, 6) is -1.61. The van der Waals surface area contributed by atoms with E-state index in [1.165, 1.54) is 6.92 Å². The number of carboxylic acid groups (broad SMARTS) is 1. The van der Waals surface area contributed by atoms with Crippen LogP contribution in [0.15, 0.2) is 30.3 Å². The molecule has 0 heterocycles. The molecule has 110 valence electrons. The van der Waals surface area contributed by atoms with Crippen LogP contribution in [-0.2, 0) is 15.1 Å². The minimum atomic E-state index is -1.50. The topological polar surface area (TPSA) is 92.4 Å². The van der Waals surface area contributed by atoms with Crippen LogP contribution in [0.4, 0.5) is 0 Å². The number of carbonyl (C=O) groups excluding carboxylic acids is 1. The first kappa shape index (κ1) is 16.2. The predicted molar refractivity (Wildman–Crippen MR) is 77.0 cm³/mol. The van der Waals surface area contributed by atoms with E-state index in [2.05, 4.69) is 5.32 Å². The molecule has 1 rings (SSSR count). The number of rotatable bonds is 4. The van der Waals surface area contributed by atoms with Crippen molar-refractivity contribution in [1.29, 1.82) is 0 Å². The average Bonchev–Trinajstić information content (AvgIpc) is 2.37. The Morgan fingerprint density at radius 1 is 1.15 bits per heavy atom. The van der Waals surface area contributed by atoms with E-state index in [0.717, 1.165) is 0 Å². The average molecular weight is 278 g/mol. The van der Waals surface area contributed by atoms with Crippen LogP contribution in [0.5, 0.6) is 0 Å². The van der Waals surface area contributed by atoms with Crippen molar-refractivity contribution in [2.45, 2.75) is 39.3 Å². The van der Waals surface area contributed by atoms with Gasteiger partial charge in [0.05, 0.1) is 6.04 Å². The lowest BCUT2D eigenvalue weighted by Crippen LogP contribution is -2.57. The predicted octanol–water partition coefficient (Wildman–Crippen LogP) is 1.48. The molecule has 0 aromatic heterocycles. The first-order chi connectivity index (χ1) is 9.09. The zero-order chi connectivity index (χ0) is 15.6. The fraction of sp³-hybridized carbons (Fsp3) is 0.467. The van der Waals surface area contributed by atoms with Crippen molar-refractivity contribution in [3.05, 3.63) is 35.9 Å². The Kier molecular flexibility index (Phi) is 4.55. The zero-order valence-corrected chi connectivity index (χ0v) is 12.3. The van der Waals surface area contributed by atoms with Crippen LogP contribution in [0.3, 0.4) is 0 Å². The van der Waals surface area contributed by atoms with Crippen molar-refractivity contribution < 1.29 is 14.7 Å². The number of amides is 1. The van der Waals surface area contributed by atoms with Gasteiger partial charge in [0.25, 0.3) is 0 Å². The molecule has 1 unspecified atom stereocenters. The lowest BCUT2D eigenvalue weighted by Gasteiger charge is -2.32. The molecule has 1 amide bonds. The van der Waals surface area contributed by atoms with Crippen molar-refractivity contribution in [1.82, 2.24) is 5.32 Å². The molecule has 1 aromatic carbocycles. The number of aliphatic carboxylic acids is 1. The third-order valence-electron chi connectivity index (χ3n) is 3.37. The summed E-state index contributed by atoms with van der Waals surface area (Å²) >= 11 is 0. The summed E-state index contributed by atoms with van der Waals surface area (Å²) in [4.78, 5) is 23.8. The molecule has 20 heavy (non-hydrogen) atoms. The van der Waals surface area contributed by atoms with Crippen LogP contribution in [0.25, 0.3) is 0 Å². The lowest BCUT2D eigenvalue weighted by molar-refractivity contribution is -0.148. The van der Waals surface area contributed by atoms with Gasteiger partial charge < -0.3 is 16.2 Å². The number of nitrogens with one attached hydrogen (secondary N) is 1. The molecule has 2 atom stereocenters. The Balaban J connectivity index is 3.06. The third kappa shape index (κ3) is 3.36. The van der Waals surface area contributed by atoms with E-state index in [0.29, 0.717) is 5.56 Å². The Morgan fingerprint density at radius 3 is 2.05 bits per heavy atom. The van der Waals surface area contributed by atoms with Crippen molar-refractivity contribution in [2.75, 3.05) is 0 Å². The largest absolute Gasteiger partial charge is 0.479 e. The molecule has 0 aliphatic carbocycles. The van der Waals surface area contributed by atoms with Gasteiger partial charge in [0.1, 0.15) is 0 Å². The van der Waals surface area contributed by atoms with E-state index in [1.54, 1.807) is 30.3 Å². The minimum absolute atomic E-state index is 0.444. The summed E-state index contributed by atoms with van der Waals surface area (Å²) in [6.07, 6.45) is 0. The molecular formula is C15H22N2O3. The number of nitrogens with two attached hydrogens (primary N) is 1. The number of carboxylic acids is 1. The smallest absolute Gasteiger partial charge is 0.333 e. The van der Waals surface area contributed by atoms with E-state index in [9.17, 15) is 14.7 Å². The maximum absolute atomic E-state index is 12.2. The highest BCUT2D eigenvalue weighted by atomic mass is 16.4. The van der Waals surface area contributed by atoms with E-state index in [1.807, 2.05) is 20.8 Å². The monoisotopic (exact) mass is 278 g/mol. The first-order valence-corrected chi connectivity index (χ1v) is 6.45. The normalized spacial score (nSPS) is 16.1. The molecule has 0 radical (unpaired) electrons. The third-order valence-corrected chi connectivity index (χ3v) is 3.37. The quantitative estimate of drug-likeness (QED) is 0.777. The van der Waals surface area contributed by atoms with Gasteiger partial charge in [0, 0.05) is 0 Å². The number of benzene rings is 1. The SMILES string of the molecule is CC(NC(=O)[C@@H](N)C(C)(C)C)(C(=O)O)c1ccccc1. The van der Waals surface area contributed by atoms with E-state index in [4.69, 9.17) is 5.73 Å². The molecule has 1 aromatic rings. The molecule has 0 fully saturated rings. The second kappa shape index (κ2) is 5.63. The van der Waals surface area contributed by atoms with Crippen LogP contribution in [0.2, 0.25) is 0 Å². The summed E-state index contributed by atoms with van der Waals surface area (Å²) in [6.45, 7) is 6.95. The van der Waals surface area contributed by atoms with Crippen LogP contribution in [-0.4, -0.2) is 23.0 Å². The molecule has 5 heteroatoms. The van der Waals surface area contributed by atoms with Crippen LogP contribution < -0.4 is 11.1 Å². The van der Waals surface area contributed by atoms with Gasteiger partial charge in [-0.15, -0.1) is 0 Å². The van der Waals surface area contributed by atoms with Crippen LogP contribution >= 0.6 is 0 Å². The highest BCUT2D eigenvalue weighted by Crippen LogP contribution is 2.23. The summed E-state index contributed by atoms with van der Waals surface area (Å²) in [7, 11) is 0. The molecule has 0 aliphatic heterocycles. The summed E-state index contributed by atoms with van der Waals surface area (Å²) in [6, 6.07) is 7.78. The van der Waals surface area contributed by atoms with Gasteiger partial charge in [0.2, 0.25) is 5.91 Å². The standard InChI is InChI=1S/C15H22N2O3/c1-14(2,3)11(16)12(18)17-15(4,13(19)20)10-8-6-5-7-9-10/h5-9,11H,16H2,1-4H3,(H,17,18)(H,19,20)/t11-,15?/m1/s1. The molecule has 0 spiro atoms. The first-order valence-electron chi connectivity index (χ1n) is 6.45. The number of hydrogen-bond donors (Lipinski definition) is 3. The van der Waals surface area contributed by atoms with Crippen molar-refractivity contribution in [3.8, 4) is 0 Å². The van der Waals surface area contributed by atoms with E-state index in [-0.39, 0.29) is 0 Å². The molecule has 0 bridgehead atoms. The van der Waals surface area contributed by atoms with Gasteiger partial charge in [-0.2, -0.15) is 0 Å². The highest BCUT2D eigenvalue weighted by molar-refractivity contribution is 5.90. The molecule has 0 saturated carbocycles. The van der Waals surface area contributed by atoms with Gasteiger partial charge in [0.15, 0.2) is 5.54 Å². The molecule has 5 nitrogen and oxygen atoms in total. The Morgan fingerprint density at radius 2 is 1.65 bits per heavy atom. The van der Waals surface area contributed by atoms with Gasteiger partial charge in [-0.25, -0.2) is 4.79 Å². The zero-order valence-electron chi connectivity index (χ0n) is 12.3.